The number of nitrogens with zero attached hydrogens (tertiary/aromatic N) is 2. The van der Waals surface area contributed by atoms with E-state index in [9.17, 15) is 8.76 Å². The van der Waals surface area contributed by atoms with Crippen LogP contribution in [0, 0.1) is 0 Å². The predicted octanol–water partition coefficient (Wildman–Crippen LogP) is 1.19. The van der Waals surface area contributed by atoms with Crippen LogP contribution in [0.25, 0.3) is 11.3 Å². The summed E-state index contributed by atoms with van der Waals surface area (Å²) in [5.74, 6) is 0. The maximum Gasteiger partial charge on any atom is 0.0721 e. The van der Waals surface area contributed by atoms with E-state index in [1.807, 2.05) is 18.2 Å². The lowest BCUT2D eigenvalue weighted by Gasteiger charge is -2.31. The molecule has 1 aromatic carbocycles. The number of hydrogen-bond donors (Lipinski definition) is 1. The molecule has 5 nitrogen and oxygen atoms in total. The first kappa shape index (κ1) is 9.56. The number of aromatic amines is 1. The highest BCUT2D eigenvalue weighted by Gasteiger charge is 2.23. The SMILES string of the molecule is O=S([O-])N1Cc2cn[nH]c2-c2ccccc21. The van der Waals surface area contributed by atoms with E-state index >= 15 is 0 Å². The highest BCUT2D eigenvalue weighted by Crippen LogP contribution is 2.37. The third kappa shape index (κ3) is 1.27. The number of rotatable bonds is 1. The Bertz CT molecular complexity index is 567. The maximum absolute atomic E-state index is 11.1. The second-order valence-electron chi connectivity index (χ2n) is 3.54. The molecule has 82 valence electrons. The van der Waals surface area contributed by atoms with Crippen molar-refractivity contribution in [3.05, 3.63) is 36.0 Å². The number of fused-ring (bicyclic) bond motifs is 3. The number of anilines is 1. The number of nitrogens with one attached hydrogen (secondary N) is 1. The highest BCUT2D eigenvalue weighted by atomic mass is 32.2. The van der Waals surface area contributed by atoms with Crippen molar-refractivity contribution < 1.29 is 8.76 Å². The standard InChI is InChI=1S/C10H9N3O2S/c14-16(15)13-6-7-5-11-12-10(7)8-3-1-2-4-9(8)13/h1-5H,6H2,(H,11,12)(H,14,15)/p-1. The second kappa shape index (κ2) is 3.43. The third-order valence-electron chi connectivity index (χ3n) is 2.65. The smallest absolute Gasteiger partial charge is 0.0721 e. The quantitative estimate of drug-likeness (QED) is 0.753. The van der Waals surface area contributed by atoms with Gasteiger partial charge in [-0.3, -0.25) is 13.6 Å². The first-order valence-electron chi connectivity index (χ1n) is 4.76. The Morgan fingerprint density at radius 3 is 3.06 bits per heavy atom. The van der Waals surface area contributed by atoms with E-state index < -0.39 is 11.3 Å². The molecule has 0 aliphatic carbocycles. The molecule has 2 heterocycles. The Balaban J connectivity index is 2.25. The van der Waals surface area contributed by atoms with Crippen molar-refractivity contribution >= 4 is 17.0 Å². The van der Waals surface area contributed by atoms with Gasteiger partial charge in [0.05, 0.1) is 24.1 Å². The average molecular weight is 234 g/mol. The molecule has 1 aromatic heterocycles. The summed E-state index contributed by atoms with van der Waals surface area (Å²) in [7, 11) is 0. The van der Waals surface area contributed by atoms with E-state index in [4.69, 9.17) is 0 Å². The molecule has 1 N–H and O–H groups in total. The van der Waals surface area contributed by atoms with E-state index in [1.54, 1.807) is 12.3 Å². The van der Waals surface area contributed by atoms with Crippen molar-refractivity contribution in [3.63, 3.8) is 0 Å². The molecule has 0 fully saturated rings. The molecule has 0 spiro atoms. The second-order valence-corrected chi connectivity index (χ2v) is 4.42. The van der Waals surface area contributed by atoms with Crippen LogP contribution in [-0.2, 0) is 17.8 Å². The van der Waals surface area contributed by atoms with Crippen LogP contribution < -0.4 is 4.31 Å². The minimum absolute atomic E-state index is 0.332. The van der Waals surface area contributed by atoms with E-state index in [2.05, 4.69) is 10.2 Å². The van der Waals surface area contributed by atoms with Crippen molar-refractivity contribution in [3.8, 4) is 11.3 Å². The van der Waals surface area contributed by atoms with Gasteiger partial charge in [-0.15, -0.1) is 0 Å². The Kier molecular flexibility index (Phi) is 2.05. The first-order valence-corrected chi connectivity index (χ1v) is 5.79. The lowest BCUT2D eigenvalue weighted by Crippen LogP contribution is -2.27. The fourth-order valence-corrected chi connectivity index (χ4v) is 2.50. The van der Waals surface area contributed by atoms with Crippen molar-refractivity contribution in [1.82, 2.24) is 10.2 Å². The largest absolute Gasteiger partial charge is 0.755 e. The van der Waals surface area contributed by atoms with E-state index in [-0.39, 0.29) is 0 Å². The minimum atomic E-state index is -2.26. The van der Waals surface area contributed by atoms with Crippen LogP contribution in [0.5, 0.6) is 0 Å². The number of para-hydroxylation sites is 1. The average Bonchev–Trinajstić information content (AvgIpc) is 2.75. The molecule has 1 atom stereocenters. The highest BCUT2D eigenvalue weighted by molar-refractivity contribution is 7.80. The maximum atomic E-state index is 11.1. The zero-order chi connectivity index (χ0) is 11.1. The normalized spacial score (nSPS) is 15.4. The molecule has 1 aliphatic heterocycles. The molecule has 6 heteroatoms. The van der Waals surface area contributed by atoms with Gasteiger partial charge in [0, 0.05) is 22.4 Å². The van der Waals surface area contributed by atoms with Gasteiger partial charge in [-0.1, -0.05) is 18.2 Å². The van der Waals surface area contributed by atoms with Crippen molar-refractivity contribution in [2.24, 2.45) is 0 Å². The monoisotopic (exact) mass is 234 g/mol. The molecule has 1 unspecified atom stereocenters. The zero-order valence-corrected chi connectivity index (χ0v) is 9.03. The molecule has 3 rings (SSSR count). The fourth-order valence-electron chi connectivity index (χ4n) is 1.94. The number of H-pyrrole nitrogens is 1. The molecule has 0 bridgehead atoms. The van der Waals surface area contributed by atoms with Crippen LogP contribution in [-0.4, -0.2) is 19.0 Å². The number of aromatic nitrogens is 2. The number of benzene rings is 1. The van der Waals surface area contributed by atoms with Crippen LogP contribution in [0.1, 0.15) is 5.56 Å². The van der Waals surface area contributed by atoms with Gasteiger partial charge in [0.15, 0.2) is 0 Å². The Labute approximate surface area is 94.5 Å². The molecule has 2 aromatic rings. The molecule has 0 radical (unpaired) electrons. The lowest BCUT2D eigenvalue weighted by atomic mass is 10.0. The van der Waals surface area contributed by atoms with Crippen LogP contribution in [0.4, 0.5) is 5.69 Å². The summed E-state index contributed by atoms with van der Waals surface area (Å²) in [5, 5.41) is 6.84. The number of hydrogen-bond acceptors (Lipinski definition) is 3. The van der Waals surface area contributed by atoms with Crippen molar-refractivity contribution in [2.75, 3.05) is 4.31 Å². The molecule has 1 aliphatic rings. The zero-order valence-electron chi connectivity index (χ0n) is 8.21. The Morgan fingerprint density at radius 2 is 2.25 bits per heavy atom. The third-order valence-corrected chi connectivity index (χ3v) is 3.34. The van der Waals surface area contributed by atoms with Crippen LogP contribution >= 0.6 is 0 Å². The van der Waals surface area contributed by atoms with Gasteiger partial charge in [0.1, 0.15) is 0 Å². The summed E-state index contributed by atoms with van der Waals surface area (Å²) in [6, 6.07) is 7.36. The van der Waals surface area contributed by atoms with Gasteiger partial charge >= 0.3 is 0 Å². The summed E-state index contributed by atoms with van der Waals surface area (Å²) in [4.78, 5) is 0. The van der Waals surface area contributed by atoms with E-state index in [1.165, 1.54) is 4.31 Å². The van der Waals surface area contributed by atoms with Crippen LogP contribution in [0.2, 0.25) is 0 Å². The summed E-state index contributed by atoms with van der Waals surface area (Å²) >= 11 is -2.26. The molecule has 0 amide bonds. The van der Waals surface area contributed by atoms with Crippen LogP contribution in [0.15, 0.2) is 30.5 Å². The molecular weight excluding hydrogens is 226 g/mol. The van der Waals surface area contributed by atoms with Gasteiger partial charge in [0.25, 0.3) is 0 Å². The van der Waals surface area contributed by atoms with Gasteiger partial charge in [-0.05, 0) is 6.07 Å². The predicted molar refractivity (Wildman–Crippen MR) is 59.1 cm³/mol. The van der Waals surface area contributed by atoms with Gasteiger partial charge in [-0.2, -0.15) is 5.10 Å². The van der Waals surface area contributed by atoms with E-state index in [0.29, 0.717) is 12.2 Å². The minimum Gasteiger partial charge on any atom is -0.755 e. The summed E-state index contributed by atoms with van der Waals surface area (Å²) < 4.78 is 23.6. The molecule has 16 heavy (non-hydrogen) atoms. The summed E-state index contributed by atoms with van der Waals surface area (Å²) in [5.41, 5.74) is 3.35. The molecular formula is C10H8N3O2S-. The lowest BCUT2D eigenvalue weighted by molar-refractivity contribution is 0.531. The van der Waals surface area contributed by atoms with E-state index in [0.717, 1.165) is 16.8 Å². The fraction of sp³-hybridized carbons (Fsp3) is 0.100. The Morgan fingerprint density at radius 1 is 1.44 bits per heavy atom. The summed E-state index contributed by atoms with van der Waals surface area (Å²) in [6.07, 6.45) is 1.66. The van der Waals surface area contributed by atoms with Crippen LogP contribution in [0.3, 0.4) is 0 Å². The Hall–Kier alpha value is -1.66. The van der Waals surface area contributed by atoms with Gasteiger partial charge < -0.3 is 4.55 Å². The van der Waals surface area contributed by atoms with Gasteiger partial charge in [-0.25, -0.2) is 0 Å². The van der Waals surface area contributed by atoms with Crippen molar-refractivity contribution in [2.45, 2.75) is 6.54 Å². The molecule has 0 saturated heterocycles. The van der Waals surface area contributed by atoms with Gasteiger partial charge in [0.2, 0.25) is 0 Å². The molecule has 0 saturated carbocycles. The summed E-state index contributed by atoms with van der Waals surface area (Å²) in [6.45, 7) is 0.332. The van der Waals surface area contributed by atoms with Crippen molar-refractivity contribution in [1.29, 1.82) is 0 Å². The first-order chi connectivity index (χ1) is 7.77. The topological polar surface area (TPSA) is 72.0 Å².